The first-order valence-electron chi connectivity index (χ1n) is 6.24. The molecule has 0 saturated carbocycles. The molecule has 2 aromatic rings. The predicted molar refractivity (Wildman–Crippen MR) is 74.3 cm³/mol. The summed E-state index contributed by atoms with van der Waals surface area (Å²) < 4.78 is 2.02. The highest BCUT2D eigenvalue weighted by atomic mass is 32.1. The van der Waals surface area contributed by atoms with E-state index in [0.717, 1.165) is 28.8 Å². The van der Waals surface area contributed by atoms with Crippen molar-refractivity contribution < 1.29 is 0 Å². The fourth-order valence-electron chi connectivity index (χ4n) is 2.07. The van der Waals surface area contributed by atoms with Crippen LogP contribution in [0.5, 0.6) is 0 Å². The average molecular weight is 265 g/mol. The molecule has 2 aromatic heterocycles. The lowest BCUT2D eigenvalue weighted by Gasteiger charge is -2.01. The number of hydrogen-bond donors (Lipinski definition) is 1. The minimum atomic E-state index is 0.704. The van der Waals surface area contributed by atoms with Crippen LogP contribution in [0.1, 0.15) is 35.8 Å². The van der Waals surface area contributed by atoms with Crippen LogP contribution in [0, 0.1) is 13.8 Å². The van der Waals surface area contributed by atoms with E-state index in [2.05, 4.69) is 48.3 Å². The quantitative estimate of drug-likeness (QED) is 0.902. The van der Waals surface area contributed by atoms with Crippen molar-refractivity contribution >= 4 is 16.5 Å². The van der Waals surface area contributed by atoms with Crippen LogP contribution in [0.3, 0.4) is 0 Å². The molecule has 0 unspecified atom stereocenters. The molecule has 0 aliphatic rings. The van der Waals surface area contributed by atoms with E-state index in [1.165, 1.54) is 11.3 Å². The van der Waals surface area contributed by atoms with Crippen molar-refractivity contribution in [1.82, 2.24) is 20.0 Å². The van der Waals surface area contributed by atoms with Gasteiger partial charge in [-0.15, -0.1) is 10.2 Å². The standard InChI is InChI=1S/C12H19N5S/c1-5-10-8(3)16-17(9(10)4)7-11-14-15-12(18-11)13-6-2/h5-7H2,1-4H3,(H,13,15). The maximum atomic E-state index is 4.57. The molecule has 18 heavy (non-hydrogen) atoms. The summed E-state index contributed by atoms with van der Waals surface area (Å²) in [6, 6.07) is 0. The topological polar surface area (TPSA) is 55.6 Å². The Balaban J connectivity index is 2.17. The second-order valence-corrected chi connectivity index (χ2v) is 5.25. The molecule has 2 heterocycles. The Hall–Kier alpha value is -1.43. The molecule has 2 rings (SSSR count). The maximum Gasteiger partial charge on any atom is 0.205 e. The van der Waals surface area contributed by atoms with E-state index in [4.69, 9.17) is 0 Å². The molecule has 1 N–H and O–H groups in total. The van der Waals surface area contributed by atoms with Gasteiger partial charge in [0.25, 0.3) is 0 Å². The third-order valence-corrected chi connectivity index (χ3v) is 3.83. The van der Waals surface area contributed by atoms with Gasteiger partial charge in [0.15, 0.2) is 0 Å². The smallest absolute Gasteiger partial charge is 0.205 e. The third kappa shape index (κ3) is 2.53. The van der Waals surface area contributed by atoms with Crippen LogP contribution in [-0.4, -0.2) is 26.5 Å². The van der Waals surface area contributed by atoms with Gasteiger partial charge in [0.2, 0.25) is 5.13 Å². The van der Waals surface area contributed by atoms with Crippen LogP contribution in [-0.2, 0) is 13.0 Å². The molecule has 0 amide bonds. The number of hydrogen-bond acceptors (Lipinski definition) is 5. The summed E-state index contributed by atoms with van der Waals surface area (Å²) in [5.74, 6) is 0. The van der Waals surface area contributed by atoms with Crippen molar-refractivity contribution in [2.45, 2.75) is 40.7 Å². The summed E-state index contributed by atoms with van der Waals surface area (Å²) in [7, 11) is 0. The lowest BCUT2D eigenvalue weighted by Crippen LogP contribution is -2.04. The predicted octanol–water partition coefficient (Wildman–Crippen LogP) is 2.39. The zero-order valence-electron chi connectivity index (χ0n) is 11.3. The molecule has 0 aliphatic carbocycles. The van der Waals surface area contributed by atoms with Gasteiger partial charge in [0, 0.05) is 12.2 Å². The van der Waals surface area contributed by atoms with Gasteiger partial charge in [-0.05, 0) is 32.8 Å². The fraction of sp³-hybridized carbons (Fsp3) is 0.583. The molecule has 0 atom stereocenters. The normalized spacial score (nSPS) is 10.9. The van der Waals surface area contributed by atoms with Crippen LogP contribution in [0.25, 0.3) is 0 Å². The number of aryl methyl sites for hydroxylation is 1. The second kappa shape index (κ2) is 5.48. The van der Waals surface area contributed by atoms with Crippen molar-refractivity contribution in [2.24, 2.45) is 0 Å². The molecular weight excluding hydrogens is 246 g/mol. The molecule has 0 radical (unpaired) electrons. The fourth-order valence-corrected chi connectivity index (χ4v) is 2.86. The molecule has 6 heteroatoms. The number of aromatic nitrogens is 4. The second-order valence-electron chi connectivity index (χ2n) is 4.19. The van der Waals surface area contributed by atoms with Gasteiger partial charge in [-0.2, -0.15) is 5.10 Å². The van der Waals surface area contributed by atoms with Crippen molar-refractivity contribution in [1.29, 1.82) is 0 Å². The highest BCUT2D eigenvalue weighted by molar-refractivity contribution is 7.15. The Morgan fingerprint density at radius 1 is 1.22 bits per heavy atom. The number of rotatable bonds is 5. The van der Waals surface area contributed by atoms with Crippen LogP contribution in [0.2, 0.25) is 0 Å². The molecule has 5 nitrogen and oxygen atoms in total. The van der Waals surface area contributed by atoms with Gasteiger partial charge in [-0.1, -0.05) is 18.3 Å². The van der Waals surface area contributed by atoms with Crippen molar-refractivity contribution in [3.8, 4) is 0 Å². The van der Waals surface area contributed by atoms with Crippen LogP contribution in [0.4, 0.5) is 5.13 Å². The Kier molecular flexibility index (Phi) is 3.96. The Morgan fingerprint density at radius 3 is 2.61 bits per heavy atom. The molecular formula is C12H19N5S. The first kappa shape index (κ1) is 13.0. The molecule has 0 fully saturated rings. The van der Waals surface area contributed by atoms with Gasteiger partial charge in [-0.25, -0.2) is 0 Å². The van der Waals surface area contributed by atoms with Gasteiger partial charge < -0.3 is 5.32 Å². The average Bonchev–Trinajstić information content (AvgIpc) is 2.87. The highest BCUT2D eigenvalue weighted by Crippen LogP contribution is 2.19. The number of nitrogens with one attached hydrogen (secondary N) is 1. The zero-order chi connectivity index (χ0) is 13.1. The zero-order valence-corrected chi connectivity index (χ0v) is 12.1. The van der Waals surface area contributed by atoms with E-state index in [9.17, 15) is 0 Å². The monoisotopic (exact) mass is 265 g/mol. The summed E-state index contributed by atoms with van der Waals surface area (Å²) in [6.45, 7) is 9.97. The molecule has 0 saturated heterocycles. The largest absolute Gasteiger partial charge is 0.360 e. The summed E-state index contributed by atoms with van der Waals surface area (Å²) in [4.78, 5) is 0. The van der Waals surface area contributed by atoms with Crippen LogP contribution < -0.4 is 5.32 Å². The number of anilines is 1. The Labute approximate surface area is 111 Å². The van der Waals surface area contributed by atoms with Crippen molar-refractivity contribution in [2.75, 3.05) is 11.9 Å². The van der Waals surface area contributed by atoms with E-state index in [1.807, 2.05) is 4.68 Å². The third-order valence-electron chi connectivity index (χ3n) is 2.96. The highest BCUT2D eigenvalue weighted by Gasteiger charge is 2.11. The Morgan fingerprint density at radius 2 is 2.00 bits per heavy atom. The lowest BCUT2D eigenvalue weighted by molar-refractivity contribution is 0.650. The molecule has 0 aromatic carbocycles. The van der Waals surface area contributed by atoms with E-state index >= 15 is 0 Å². The summed E-state index contributed by atoms with van der Waals surface area (Å²) in [6.07, 6.45) is 1.02. The van der Waals surface area contributed by atoms with Crippen LogP contribution >= 0.6 is 11.3 Å². The van der Waals surface area contributed by atoms with Gasteiger partial charge in [-0.3, -0.25) is 4.68 Å². The SMILES string of the molecule is CCNc1nnc(Cn2nc(C)c(CC)c2C)s1. The van der Waals surface area contributed by atoms with Gasteiger partial charge in [0.05, 0.1) is 12.2 Å². The molecule has 98 valence electrons. The van der Waals surface area contributed by atoms with E-state index in [1.54, 1.807) is 11.3 Å². The molecule has 0 bridgehead atoms. The van der Waals surface area contributed by atoms with Gasteiger partial charge in [0.1, 0.15) is 5.01 Å². The van der Waals surface area contributed by atoms with Crippen molar-refractivity contribution in [3.63, 3.8) is 0 Å². The molecule has 0 spiro atoms. The first-order valence-corrected chi connectivity index (χ1v) is 7.06. The van der Waals surface area contributed by atoms with Crippen molar-refractivity contribution in [3.05, 3.63) is 22.0 Å². The summed E-state index contributed by atoms with van der Waals surface area (Å²) >= 11 is 1.59. The minimum Gasteiger partial charge on any atom is -0.360 e. The van der Waals surface area contributed by atoms with Crippen LogP contribution in [0.15, 0.2) is 0 Å². The summed E-state index contributed by atoms with van der Waals surface area (Å²) in [5, 5.41) is 17.9. The maximum absolute atomic E-state index is 4.57. The number of nitrogens with zero attached hydrogens (tertiary/aromatic N) is 4. The Bertz CT molecular complexity index is 529. The van der Waals surface area contributed by atoms with E-state index in [0.29, 0.717) is 6.54 Å². The van der Waals surface area contributed by atoms with E-state index in [-0.39, 0.29) is 0 Å². The summed E-state index contributed by atoms with van der Waals surface area (Å²) in [5.41, 5.74) is 3.69. The van der Waals surface area contributed by atoms with Gasteiger partial charge >= 0.3 is 0 Å². The lowest BCUT2D eigenvalue weighted by atomic mass is 10.1. The minimum absolute atomic E-state index is 0.704. The first-order chi connectivity index (χ1) is 8.65. The van der Waals surface area contributed by atoms with E-state index < -0.39 is 0 Å². The molecule has 0 aliphatic heterocycles.